The molecule has 1 unspecified atom stereocenters. The summed E-state index contributed by atoms with van der Waals surface area (Å²) in [4.78, 5) is 22.3. The van der Waals surface area contributed by atoms with E-state index in [0.29, 0.717) is 12.6 Å². The molecule has 0 aromatic heterocycles. The summed E-state index contributed by atoms with van der Waals surface area (Å²) in [5.74, 6) is -0.455. The van der Waals surface area contributed by atoms with Crippen molar-refractivity contribution in [2.75, 3.05) is 13.1 Å². The predicted octanol–water partition coefficient (Wildman–Crippen LogP) is 2.77. The van der Waals surface area contributed by atoms with Crippen LogP contribution in [0.2, 0.25) is 10.0 Å². The molecule has 1 fully saturated rings. The maximum Gasteiger partial charge on any atom is 0.271 e. The number of halogens is 2. The SMILES string of the molecule is O=C(NCCC1CCCN1)c1cc([N+](=O)[O-])cc(Cl)c1Cl. The van der Waals surface area contributed by atoms with Gasteiger partial charge in [0.05, 0.1) is 20.5 Å². The fourth-order valence-electron chi connectivity index (χ4n) is 2.30. The van der Waals surface area contributed by atoms with Crippen LogP contribution in [-0.4, -0.2) is 30.0 Å². The summed E-state index contributed by atoms with van der Waals surface area (Å²) in [5, 5.41) is 16.9. The normalized spacial score (nSPS) is 17.7. The van der Waals surface area contributed by atoms with Gasteiger partial charge in [-0.3, -0.25) is 14.9 Å². The molecule has 0 radical (unpaired) electrons. The quantitative estimate of drug-likeness (QED) is 0.641. The minimum atomic E-state index is -0.610. The van der Waals surface area contributed by atoms with Gasteiger partial charge in [0.2, 0.25) is 0 Å². The first-order valence-electron chi connectivity index (χ1n) is 6.64. The molecule has 8 heteroatoms. The first kappa shape index (κ1) is 16.0. The van der Waals surface area contributed by atoms with E-state index in [0.717, 1.165) is 37.9 Å². The highest BCUT2D eigenvalue weighted by atomic mass is 35.5. The van der Waals surface area contributed by atoms with Crippen LogP contribution in [0.15, 0.2) is 12.1 Å². The average molecular weight is 332 g/mol. The Balaban J connectivity index is 2.02. The number of rotatable bonds is 5. The molecule has 0 bridgehead atoms. The molecule has 1 saturated heterocycles. The van der Waals surface area contributed by atoms with Crippen molar-refractivity contribution in [1.82, 2.24) is 10.6 Å². The Morgan fingerprint density at radius 1 is 1.48 bits per heavy atom. The van der Waals surface area contributed by atoms with E-state index in [2.05, 4.69) is 10.6 Å². The van der Waals surface area contributed by atoms with Crippen LogP contribution in [-0.2, 0) is 0 Å². The van der Waals surface area contributed by atoms with Crippen LogP contribution >= 0.6 is 23.2 Å². The van der Waals surface area contributed by atoms with E-state index in [9.17, 15) is 14.9 Å². The zero-order chi connectivity index (χ0) is 15.4. The minimum absolute atomic E-state index is 0.00604. The first-order chi connectivity index (χ1) is 9.99. The highest BCUT2D eigenvalue weighted by molar-refractivity contribution is 6.44. The highest BCUT2D eigenvalue weighted by Crippen LogP contribution is 2.30. The van der Waals surface area contributed by atoms with Crippen LogP contribution in [0.25, 0.3) is 0 Å². The summed E-state index contributed by atoms with van der Waals surface area (Å²) in [5.41, 5.74) is -0.234. The molecule has 1 aliphatic rings. The smallest absolute Gasteiger partial charge is 0.271 e. The third-order valence-corrected chi connectivity index (χ3v) is 4.21. The van der Waals surface area contributed by atoms with Crippen LogP contribution in [0.5, 0.6) is 0 Å². The Hall–Kier alpha value is -1.37. The number of nitro benzene ring substituents is 1. The summed E-state index contributed by atoms with van der Waals surface area (Å²) in [6, 6.07) is 2.68. The van der Waals surface area contributed by atoms with Crippen molar-refractivity contribution < 1.29 is 9.72 Å². The molecule has 114 valence electrons. The Morgan fingerprint density at radius 2 is 2.24 bits per heavy atom. The summed E-state index contributed by atoms with van der Waals surface area (Å²) in [6.45, 7) is 1.48. The van der Waals surface area contributed by atoms with Crippen molar-refractivity contribution in [3.63, 3.8) is 0 Å². The van der Waals surface area contributed by atoms with Gasteiger partial charge in [-0.15, -0.1) is 0 Å². The molecule has 1 aromatic carbocycles. The molecule has 1 aliphatic heterocycles. The van der Waals surface area contributed by atoms with Gasteiger partial charge in [0, 0.05) is 24.7 Å². The van der Waals surface area contributed by atoms with E-state index in [4.69, 9.17) is 23.2 Å². The number of nitrogens with one attached hydrogen (secondary N) is 2. The van der Waals surface area contributed by atoms with E-state index in [1.165, 1.54) is 0 Å². The second-order valence-electron chi connectivity index (χ2n) is 4.88. The van der Waals surface area contributed by atoms with Crippen molar-refractivity contribution in [3.8, 4) is 0 Å². The lowest BCUT2D eigenvalue weighted by Gasteiger charge is -2.11. The molecule has 1 aromatic rings. The van der Waals surface area contributed by atoms with Crippen LogP contribution in [0.1, 0.15) is 29.6 Å². The Morgan fingerprint density at radius 3 is 2.86 bits per heavy atom. The van der Waals surface area contributed by atoms with Gasteiger partial charge in [0.25, 0.3) is 11.6 Å². The van der Waals surface area contributed by atoms with Gasteiger partial charge >= 0.3 is 0 Å². The van der Waals surface area contributed by atoms with Gasteiger partial charge in [0.1, 0.15) is 0 Å². The zero-order valence-electron chi connectivity index (χ0n) is 11.2. The van der Waals surface area contributed by atoms with Gasteiger partial charge in [-0.05, 0) is 25.8 Å². The third kappa shape index (κ3) is 4.06. The maximum absolute atomic E-state index is 12.1. The molecule has 0 aliphatic carbocycles. The lowest BCUT2D eigenvalue weighted by atomic mass is 10.1. The Kier molecular flexibility index (Phi) is 5.39. The van der Waals surface area contributed by atoms with E-state index in [1.54, 1.807) is 0 Å². The monoisotopic (exact) mass is 331 g/mol. The Labute approximate surface area is 132 Å². The van der Waals surface area contributed by atoms with Crippen LogP contribution in [0.4, 0.5) is 5.69 Å². The number of amides is 1. The minimum Gasteiger partial charge on any atom is -0.352 e. The topological polar surface area (TPSA) is 84.3 Å². The van der Waals surface area contributed by atoms with Gasteiger partial charge in [-0.2, -0.15) is 0 Å². The molecule has 1 heterocycles. The molecule has 1 amide bonds. The number of hydrogen-bond donors (Lipinski definition) is 2. The maximum atomic E-state index is 12.1. The van der Waals surface area contributed by atoms with Crippen molar-refractivity contribution in [1.29, 1.82) is 0 Å². The predicted molar refractivity (Wildman–Crippen MR) is 81.1 cm³/mol. The number of nitro groups is 1. The largest absolute Gasteiger partial charge is 0.352 e. The van der Waals surface area contributed by atoms with Crippen molar-refractivity contribution in [2.24, 2.45) is 0 Å². The standard InChI is InChI=1S/C13H15Cl2N3O3/c14-11-7-9(18(20)21)6-10(12(11)15)13(19)17-5-3-8-2-1-4-16-8/h6-8,16H,1-5H2,(H,17,19). The second-order valence-corrected chi connectivity index (χ2v) is 5.67. The number of hydrogen-bond acceptors (Lipinski definition) is 4. The third-order valence-electron chi connectivity index (χ3n) is 3.41. The summed E-state index contributed by atoms with van der Waals surface area (Å²) in [7, 11) is 0. The molecule has 2 N–H and O–H groups in total. The van der Waals surface area contributed by atoms with Crippen molar-refractivity contribution in [2.45, 2.75) is 25.3 Å². The van der Waals surface area contributed by atoms with Crippen LogP contribution < -0.4 is 10.6 Å². The van der Waals surface area contributed by atoms with Gasteiger partial charge in [0.15, 0.2) is 0 Å². The van der Waals surface area contributed by atoms with Crippen LogP contribution in [0, 0.1) is 10.1 Å². The average Bonchev–Trinajstić information content (AvgIpc) is 2.94. The first-order valence-corrected chi connectivity index (χ1v) is 7.39. The number of benzene rings is 1. The molecule has 6 nitrogen and oxygen atoms in total. The summed E-state index contributed by atoms with van der Waals surface area (Å²) < 4.78 is 0. The van der Waals surface area contributed by atoms with E-state index in [1.807, 2.05) is 0 Å². The second kappa shape index (κ2) is 7.06. The molecule has 0 saturated carbocycles. The van der Waals surface area contributed by atoms with Gasteiger partial charge < -0.3 is 10.6 Å². The molecular formula is C13H15Cl2N3O3. The van der Waals surface area contributed by atoms with E-state index in [-0.39, 0.29) is 21.3 Å². The highest BCUT2D eigenvalue weighted by Gasteiger charge is 2.20. The molecule has 1 atom stereocenters. The zero-order valence-corrected chi connectivity index (χ0v) is 12.7. The Bertz CT molecular complexity index is 560. The number of nitrogens with zero attached hydrogens (tertiary/aromatic N) is 1. The van der Waals surface area contributed by atoms with E-state index < -0.39 is 10.8 Å². The van der Waals surface area contributed by atoms with Crippen molar-refractivity contribution in [3.05, 3.63) is 37.9 Å². The summed E-state index contributed by atoms with van der Waals surface area (Å²) in [6.07, 6.45) is 3.05. The number of carbonyl (C=O) groups excluding carboxylic acids is 1. The van der Waals surface area contributed by atoms with Crippen LogP contribution in [0.3, 0.4) is 0 Å². The molecule has 0 spiro atoms. The summed E-state index contributed by atoms with van der Waals surface area (Å²) >= 11 is 11.8. The lowest BCUT2D eigenvalue weighted by Crippen LogP contribution is -2.30. The van der Waals surface area contributed by atoms with Gasteiger partial charge in [-0.25, -0.2) is 0 Å². The number of carbonyl (C=O) groups is 1. The van der Waals surface area contributed by atoms with Crippen molar-refractivity contribution >= 4 is 34.8 Å². The lowest BCUT2D eigenvalue weighted by molar-refractivity contribution is -0.384. The van der Waals surface area contributed by atoms with Gasteiger partial charge in [-0.1, -0.05) is 23.2 Å². The molecule has 21 heavy (non-hydrogen) atoms. The fourth-order valence-corrected chi connectivity index (χ4v) is 2.71. The molecular weight excluding hydrogens is 317 g/mol. The number of non-ortho nitro benzene ring substituents is 1. The van der Waals surface area contributed by atoms with E-state index >= 15 is 0 Å². The molecule has 2 rings (SSSR count). The fraction of sp³-hybridized carbons (Fsp3) is 0.462.